The van der Waals surface area contributed by atoms with Gasteiger partial charge in [0.15, 0.2) is 0 Å². The fourth-order valence-electron chi connectivity index (χ4n) is 0.881. The molecule has 0 aromatic carbocycles. The highest BCUT2D eigenvalue weighted by molar-refractivity contribution is 5.30. The van der Waals surface area contributed by atoms with Gasteiger partial charge in [-0.15, -0.1) is 0 Å². The maximum Gasteiger partial charge on any atom is 0.129 e. The molecule has 12 heavy (non-hydrogen) atoms. The summed E-state index contributed by atoms with van der Waals surface area (Å²) in [5.74, 6) is 0.877. The van der Waals surface area contributed by atoms with Crippen molar-refractivity contribution in [1.82, 2.24) is 9.97 Å². The Labute approximate surface area is 72.2 Å². The minimum atomic E-state index is 0.755. The van der Waals surface area contributed by atoms with Gasteiger partial charge in [0.2, 0.25) is 0 Å². The van der Waals surface area contributed by atoms with Gasteiger partial charge in [0, 0.05) is 12.7 Å². The van der Waals surface area contributed by atoms with E-state index in [0.29, 0.717) is 0 Å². The molecule has 1 aromatic heterocycles. The molecule has 66 valence electrons. The molecule has 0 aliphatic carbocycles. The standard InChI is InChI=1S/C8H14N4/c9-4-1-2-5-11-8-3-6-10-7-12-8/h3,6-7H,1-2,4-5,9H2,(H,10,11,12). The van der Waals surface area contributed by atoms with E-state index < -0.39 is 0 Å². The number of aromatic nitrogens is 2. The number of nitrogens with one attached hydrogen (secondary N) is 1. The first-order valence-corrected chi connectivity index (χ1v) is 4.13. The minimum absolute atomic E-state index is 0.755. The number of rotatable bonds is 5. The molecule has 1 rings (SSSR count). The summed E-state index contributed by atoms with van der Waals surface area (Å²) >= 11 is 0. The molecule has 3 N–H and O–H groups in total. The van der Waals surface area contributed by atoms with Crippen LogP contribution in [-0.4, -0.2) is 23.1 Å². The second kappa shape index (κ2) is 5.49. The predicted molar refractivity (Wildman–Crippen MR) is 48.8 cm³/mol. The van der Waals surface area contributed by atoms with E-state index in [1.54, 1.807) is 6.20 Å². The van der Waals surface area contributed by atoms with Crippen molar-refractivity contribution >= 4 is 5.82 Å². The van der Waals surface area contributed by atoms with Crippen molar-refractivity contribution in [2.45, 2.75) is 12.8 Å². The van der Waals surface area contributed by atoms with Gasteiger partial charge in [-0.25, -0.2) is 9.97 Å². The molecule has 0 atom stereocenters. The van der Waals surface area contributed by atoms with Crippen LogP contribution in [0.2, 0.25) is 0 Å². The molecule has 4 heteroatoms. The summed E-state index contributed by atoms with van der Waals surface area (Å²) < 4.78 is 0. The Morgan fingerprint density at radius 2 is 2.33 bits per heavy atom. The van der Waals surface area contributed by atoms with Gasteiger partial charge >= 0.3 is 0 Å². The summed E-state index contributed by atoms with van der Waals surface area (Å²) in [6.45, 7) is 1.68. The van der Waals surface area contributed by atoms with E-state index in [1.165, 1.54) is 6.33 Å². The Hall–Kier alpha value is -1.16. The van der Waals surface area contributed by atoms with Crippen LogP contribution in [0.1, 0.15) is 12.8 Å². The second-order valence-electron chi connectivity index (χ2n) is 2.52. The van der Waals surface area contributed by atoms with Gasteiger partial charge in [0.1, 0.15) is 12.1 Å². The van der Waals surface area contributed by atoms with Crippen LogP contribution in [0.5, 0.6) is 0 Å². The first-order chi connectivity index (χ1) is 5.93. The number of nitrogens with zero attached hydrogens (tertiary/aromatic N) is 2. The highest BCUT2D eigenvalue weighted by Gasteiger charge is 1.89. The van der Waals surface area contributed by atoms with Crippen molar-refractivity contribution in [3.05, 3.63) is 18.6 Å². The van der Waals surface area contributed by atoms with E-state index in [0.717, 1.165) is 31.7 Å². The summed E-state index contributed by atoms with van der Waals surface area (Å²) in [5, 5.41) is 3.17. The molecule has 0 fully saturated rings. The largest absolute Gasteiger partial charge is 0.370 e. The van der Waals surface area contributed by atoms with Gasteiger partial charge in [0.25, 0.3) is 0 Å². The van der Waals surface area contributed by atoms with Crippen LogP contribution < -0.4 is 11.1 Å². The quantitative estimate of drug-likeness (QED) is 0.630. The Kier molecular flexibility index (Phi) is 4.08. The highest BCUT2D eigenvalue weighted by Crippen LogP contribution is 1.97. The topological polar surface area (TPSA) is 63.8 Å². The Bertz CT molecular complexity index is 199. The Morgan fingerprint density at radius 3 is 3.00 bits per heavy atom. The highest BCUT2D eigenvalue weighted by atomic mass is 15.0. The van der Waals surface area contributed by atoms with Crippen LogP contribution >= 0.6 is 0 Å². The molecule has 0 saturated carbocycles. The maximum atomic E-state index is 5.35. The zero-order valence-corrected chi connectivity index (χ0v) is 7.03. The van der Waals surface area contributed by atoms with Crippen LogP contribution in [0.4, 0.5) is 5.82 Å². The first-order valence-electron chi connectivity index (χ1n) is 4.13. The van der Waals surface area contributed by atoms with Crippen molar-refractivity contribution in [3.8, 4) is 0 Å². The lowest BCUT2D eigenvalue weighted by atomic mass is 10.3. The third-order valence-corrected chi connectivity index (χ3v) is 1.52. The zero-order chi connectivity index (χ0) is 8.65. The average molecular weight is 166 g/mol. The number of unbranched alkanes of at least 4 members (excludes halogenated alkanes) is 1. The predicted octanol–water partition coefficient (Wildman–Crippen LogP) is 0.627. The lowest BCUT2D eigenvalue weighted by Crippen LogP contribution is -2.06. The van der Waals surface area contributed by atoms with Crippen LogP contribution in [0.3, 0.4) is 0 Å². The van der Waals surface area contributed by atoms with Crippen molar-refractivity contribution in [3.63, 3.8) is 0 Å². The van der Waals surface area contributed by atoms with Gasteiger partial charge in [-0.1, -0.05) is 0 Å². The normalized spacial score (nSPS) is 9.75. The van der Waals surface area contributed by atoms with Gasteiger partial charge < -0.3 is 11.1 Å². The third-order valence-electron chi connectivity index (χ3n) is 1.52. The van der Waals surface area contributed by atoms with Gasteiger partial charge in [0.05, 0.1) is 0 Å². The maximum absolute atomic E-state index is 5.35. The number of hydrogen-bond donors (Lipinski definition) is 2. The Morgan fingerprint density at radius 1 is 1.42 bits per heavy atom. The minimum Gasteiger partial charge on any atom is -0.370 e. The molecule has 4 nitrogen and oxygen atoms in total. The van der Waals surface area contributed by atoms with Crippen molar-refractivity contribution in [1.29, 1.82) is 0 Å². The number of nitrogens with two attached hydrogens (primary N) is 1. The van der Waals surface area contributed by atoms with E-state index in [-0.39, 0.29) is 0 Å². The van der Waals surface area contributed by atoms with Crippen LogP contribution in [0, 0.1) is 0 Å². The van der Waals surface area contributed by atoms with Gasteiger partial charge in [-0.3, -0.25) is 0 Å². The summed E-state index contributed by atoms with van der Waals surface area (Å²) in [6.07, 6.45) is 5.39. The average Bonchev–Trinajstić information content (AvgIpc) is 2.14. The molecule has 0 amide bonds. The molecule has 0 radical (unpaired) electrons. The molecule has 1 aromatic rings. The summed E-state index contributed by atoms with van der Waals surface area (Å²) in [4.78, 5) is 7.84. The van der Waals surface area contributed by atoms with E-state index in [4.69, 9.17) is 5.73 Å². The Balaban J connectivity index is 2.16. The second-order valence-corrected chi connectivity index (χ2v) is 2.52. The van der Waals surface area contributed by atoms with Gasteiger partial charge in [-0.05, 0) is 25.5 Å². The van der Waals surface area contributed by atoms with Crippen molar-refractivity contribution in [2.75, 3.05) is 18.4 Å². The third kappa shape index (κ3) is 3.30. The van der Waals surface area contributed by atoms with Crippen molar-refractivity contribution < 1.29 is 0 Å². The lowest BCUT2D eigenvalue weighted by Gasteiger charge is -2.02. The zero-order valence-electron chi connectivity index (χ0n) is 7.03. The SMILES string of the molecule is NCCCCNc1ccncn1. The molecule has 0 saturated heterocycles. The molecular formula is C8H14N4. The first kappa shape index (κ1) is 8.93. The molecule has 0 aliphatic heterocycles. The number of hydrogen-bond acceptors (Lipinski definition) is 4. The molecule has 1 heterocycles. The fourth-order valence-corrected chi connectivity index (χ4v) is 0.881. The lowest BCUT2D eigenvalue weighted by molar-refractivity contribution is 0.772. The summed E-state index contributed by atoms with van der Waals surface area (Å²) in [7, 11) is 0. The van der Waals surface area contributed by atoms with E-state index in [1.807, 2.05) is 6.07 Å². The summed E-state index contributed by atoms with van der Waals surface area (Å²) in [5.41, 5.74) is 5.35. The van der Waals surface area contributed by atoms with E-state index in [9.17, 15) is 0 Å². The molecule has 0 aliphatic rings. The molecule has 0 bridgehead atoms. The smallest absolute Gasteiger partial charge is 0.129 e. The van der Waals surface area contributed by atoms with Gasteiger partial charge in [-0.2, -0.15) is 0 Å². The van der Waals surface area contributed by atoms with Crippen LogP contribution in [0.15, 0.2) is 18.6 Å². The molecular weight excluding hydrogens is 152 g/mol. The molecule has 0 unspecified atom stereocenters. The van der Waals surface area contributed by atoms with E-state index >= 15 is 0 Å². The van der Waals surface area contributed by atoms with Crippen molar-refractivity contribution in [2.24, 2.45) is 5.73 Å². The van der Waals surface area contributed by atoms with Crippen LogP contribution in [0.25, 0.3) is 0 Å². The van der Waals surface area contributed by atoms with E-state index in [2.05, 4.69) is 15.3 Å². The summed E-state index contributed by atoms with van der Waals surface area (Å²) in [6, 6.07) is 1.85. The number of anilines is 1. The monoisotopic (exact) mass is 166 g/mol. The van der Waals surface area contributed by atoms with Crippen LogP contribution in [-0.2, 0) is 0 Å². The fraction of sp³-hybridized carbons (Fsp3) is 0.500. The molecule has 0 spiro atoms.